The molecule has 0 aliphatic carbocycles. The van der Waals surface area contributed by atoms with Gasteiger partial charge in [0.05, 0.1) is 11.3 Å². The Balaban J connectivity index is 1.72. The monoisotopic (exact) mass is 448 g/mol. The number of rotatable bonds is 4. The Morgan fingerprint density at radius 2 is 1.88 bits per heavy atom. The van der Waals surface area contributed by atoms with Crippen LogP contribution >= 0.6 is 34.4 Å². The van der Waals surface area contributed by atoms with Crippen LogP contribution in [0.2, 0.25) is 0 Å². The first kappa shape index (κ1) is 17.2. The highest BCUT2D eigenvalue weighted by Crippen LogP contribution is 2.27. The van der Waals surface area contributed by atoms with Crippen LogP contribution < -0.4 is 5.32 Å². The van der Waals surface area contributed by atoms with Gasteiger partial charge >= 0.3 is 0 Å². The number of carbonyl (C=O) groups excluding carboxylic acids is 1. The van der Waals surface area contributed by atoms with Gasteiger partial charge in [-0.2, -0.15) is 0 Å². The topological polar surface area (TPSA) is 42.0 Å². The number of nitrogens with one attached hydrogen (secondary N) is 1. The quantitative estimate of drug-likeness (QED) is 0.442. The lowest BCUT2D eigenvalue weighted by Gasteiger charge is -2.12. The molecule has 1 amide bonds. The Morgan fingerprint density at radius 3 is 2.62 bits per heavy atom. The number of nitrogens with zero attached hydrogens (tertiary/aromatic N) is 1. The predicted molar refractivity (Wildman–Crippen MR) is 110 cm³/mol. The fourth-order valence-electron chi connectivity index (χ4n) is 2.62. The molecule has 3 aromatic rings. The normalized spacial score (nSPS) is 10.8. The number of thioether (sulfide) groups is 1. The fourth-order valence-corrected chi connectivity index (χ4v) is 4.39. The molecule has 0 atom stereocenters. The first-order valence-corrected chi connectivity index (χ1v) is 9.64. The molecule has 0 saturated carbocycles. The lowest BCUT2D eigenvalue weighted by Crippen LogP contribution is -2.16. The summed E-state index contributed by atoms with van der Waals surface area (Å²) in [4.78, 5) is 17.8. The SMILES string of the molecule is Cc1cc(I)cc(C)c1NC(=O)CSc1cccc2cccnc12. The van der Waals surface area contributed by atoms with E-state index in [-0.39, 0.29) is 5.91 Å². The minimum absolute atomic E-state index is 0.000317. The summed E-state index contributed by atoms with van der Waals surface area (Å²) in [6.45, 7) is 4.04. The minimum Gasteiger partial charge on any atom is -0.325 e. The number of amides is 1. The van der Waals surface area contributed by atoms with Crippen molar-refractivity contribution in [3.05, 3.63) is 63.4 Å². The number of carbonyl (C=O) groups is 1. The van der Waals surface area contributed by atoms with E-state index in [0.29, 0.717) is 5.75 Å². The van der Waals surface area contributed by atoms with Crippen LogP contribution in [0.5, 0.6) is 0 Å². The number of aromatic nitrogens is 1. The summed E-state index contributed by atoms with van der Waals surface area (Å²) in [5.41, 5.74) is 4.03. The molecule has 3 rings (SSSR count). The van der Waals surface area contributed by atoms with Crippen LogP contribution in [0.15, 0.2) is 53.6 Å². The zero-order valence-electron chi connectivity index (χ0n) is 13.5. The zero-order chi connectivity index (χ0) is 17.1. The fraction of sp³-hybridized carbons (Fsp3) is 0.158. The molecule has 0 radical (unpaired) electrons. The number of anilines is 1. The van der Waals surface area contributed by atoms with E-state index in [0.717, 1.165) is 32.6 Å². The third-order valence-corrected chi connectivity index (χ3v) is 5.39. The van der Waals surface area contributed by atoms with Crippen LogP contribution in [0, 0.1) is 17.4 Å². The van der Waals surface area contributed by atoms with Crippen LogP contribution in [0.1, 0.15) is 11.1 Å². The smallest absolute Gasteiger partial charge is 0.234 e. The summed E-state index contributed by atoms with van der Waals surface area (Å²) in [5.74, 6) is 0.362. The molecule has 3 nitrogen and oxygen atoms in total. The lowest BCUT2D eigenvalue weighted by atomic mass is 10.1. The first-order valence-electron chi connectivity index (χ1n) is 7.58. The molecule has 0 unspecified atom stereocenters. The average molecular weight is 448 g/mol. The summed E-state index contributed by atoms with van der Waals surface area (Å²) in [5, 5.41) is 4.13. The number of pyridine rings is 1. The maximum atomic E-state index is 12.4. The molecule has 0 bridgehead atoms. The van der Waals surface area contributed by atoms with Gasteiger partial charge in [-0.1, -0.05) is 18.2 Å². The van der Waals surface area contributed by atoms with Crippen LogP contribution in [0.25, 0.3) is 10.9 Å². The summed E-state index contributed by atoms with van der Waals surface area (Å²) in [6.07, 6.45) is 1.78. The van der Waals surface area contributed by atoms with Crippen molar-refractivity contribution < 1.29 is 4.79 Å². The van der Waals surface area contributed by atoms with E-state index in [1.807, 2.05) is 44.2 Å². The number of hydrogen-bond donors (Lipinski definition) is 1. The molecule has 0 aliphatic rings. The van der Waals surface area contributed by atoms with Gasteiger partial charge < -0.3 is 5.32 Å². The second kappa shape index (κ2) is 7.53. The van der Waals surface area contributed by atoms with Crippen LogP contribution in [-0.2, 0) is 4.79 Å². The number of benzene rings is 2. The van der Waals surface area contributed by atoms with Crippen molar-refractivity contribution in [2.75, 3.05) is 11.1 Å². The Hall–Kier alpha value is -1.60. The van der Waals surface area contributed by atoms with Crippen molar-refractivity contribution in [3.8, 4) is 0 Å². The van der Waals surface area contributed by atoms with Gasteiger partial charge in [0.1, 0.15) is 0 Å². The van der Waals surface area contributed by atoms with Gasteiger partial charge in [0.2, 0.25) is 5.91 Å². The molecule has 122 valence electrons. The molecule has 1 heterocycles. The highest BCUT2D eigenvalue weighted by atomic mass is 127. The highest BCUT2D eigenvalue weighted by molar-refractivity contribution is 14.1. The summed E-state index contributed by atoms with van der Waals surface area (Å²) in [7, 11) is 0. The van der Waals surface area contributed by atoms with Gasteiger partial charge in [0.25, 0.3) is 0 Å². The summed E-state index contributed by atoms with van der Waals surface area (Å²) < 4.78 is 1.18. The molecule has 0 spiro atoms. The van der Waals surface area contributed by atoms with Gasteiger partial charge in [0.15, 0.2) is 0 Å². The zero-order valence-corrected chi connectivity index (χ0v) is 16.4. The van der Waals surface area contributed by atoms with E-state index in [1.54, 1.807) is 6.20 Å². The van der Waals surface area contributed by atoms with E-state index >= 15 is 0 Å². The molecule has 0 saturated heterocycles. The molecular weight excluding hydrogens is 431 g/mol. The van der Waals surface area contributed by atoms with Crippen molar-refractivity contribution >= 4 is 56.9 Å². The Labute approximate surface area is 159 Å². The van der Waals surface area contributed by atoms with Gasteiger partial charge in [0, 0.05) is 25.7 Å². The summed E-state index contributed by atoms with van der Waals surface area (Å²) >= 11 is 3.81. The lowest BCUT2D eigenvalue weighted by molar-refractivity contribution is -0.113. The molecule has 0 fully saturated rings. The molecule has 2 aromatic carbocycles. The average Bonchev–Trinajstić information content (AvgIpc) is 2.56. The molecule has 24 heavy (non-hydrogen) atoms. The van der Waals surface area contributed by atoms with Crippen LogP contribution in [0.4, 0.5) is 5.69 Å². The predicted octanol–water partition coefficient (Wildman–Crippen LogP) is 5.19. The van der Waals surface area contributed by atoms with Gasteiger partial charge in [-0.3, -0.25) is 9.78 Å². The van der Waals surface area contributed by atoms with E-state index in [2.05, 4.69) is 45.0 Å². The van der Waals surface area contributed by atoms with Crippen molar-refractivity contribution in [1.29, 1.82) is 0 Å². The number of fused-ring (bicyclic) bond motifs is 1. The number of hydrogen-bond acceptors (Lipinski definition) is 3. The maximum absolute atomic E-state index is 12.4. The van der Waals surface area contributed by atoms with Crippen molar-refractivity contribution in [2.45, 2.75) is 18.7 Å². The van der Waals surface area contributed by atoms with Crippen LogP contribution in [-0.4, -0.2) is 16.6 Å². The molecule has 1 aromatic heterocycles. The third kappa shape index (κ3) is 3.89. The van der Waals surface area contributed by atoms with Crippen molar-refractivity contribution in [2.24, 2.45) is 0 Å². The standard InChI is InChI=1S/C19H17IN2OS/c1-12-9-15(20)10-13(2)18(12)22-17(23)11-24-16-7-3-5-14-6-4-8-21-19(14)16/h3-10H,11H2,1-2H3,(H,22,23). The second-order valence-corrected chi connectivity index (χ2v) is 7.85. The van der Waals surface area contributed by atoms with Crippen molar-refractivity contribution in [3.63, 3.8) is 0 Å². The molecule has 5 heteroatoms. The molecular formula is C19H17IN2OS. The Bertz CT molecular complexity index is 883. The number of aryl methyl sites for hydroxylation is 2. The maximum Gasteiger partial charge on any atom is 0.234 e. The van der Waals surface area contributed by atoms with Gasteiger partial charge in [-0.25, -0.2) is 0 Å². The van der Waals surface area contributed by atoms with E-state index in [4.69, 9.17) is 0 Å². The number of para-hydroxylation sites is 1. The minimum atomic E-state index is 0.000317. The second-order valence-electron chi connectivity index (χ2n) is 5.58. The van der Waals surface area contributed by atoms with Crippen LogP contribution in [0.3, 0.4) is 0 Å². The molecule has 0 aliphatic heterocycles. The summed E-state index contributed by atoms with van der Waals surface area (Å²) in [6, 6.07) is 14.1. The first-order chi connectivity index (χ1) is 11.5. The number of halogens is 1. The van der Waals surface area contributed by atoms with E-state index in [1.165, 1.54) is 15.3 Å². The van der Waals surface area contributed by atoms with E-state index in [9.17, 15) is 4.79 Å². The third-order valence-electron chi connectivity index (χ3n) is 3.72. The van der Waals surface area contributed by atoms with Gasteiger partial charge in [-0.05, 0) is 71.8 Å². The largest absolute Gasteiger partial charge is 0.325 e. The van der Waals surface area contributed by atoms with Gasteiger partial charge in [-0.15, -0.1) is 11.8 Å². The van der Waals surface area contributed by atoms with Crippen molar-refractivity contribution in [1.82, 2.24) is 4.98 Å². The highest BCUT2D eigenvalue weighted by Gasteiger charge is 2.10. The molecule has 1 N–H and O–H groups in total. The Morgan fingerprint density at radius 1 is 1.17 bits per heavy atom. The Kier molecular flexibility index (Phi) is 5.40. The van der Waals surface area contributed by atoms with E-state index < -0.39 is 0 Å².